The summed E-state index contributed by atoms with van der Waals surface area (Å²) in [7, 11) is 0. The molecule has 35 heavy (non-hydrogen) atoms. The summed E-state index contributed by atoms with van der Waals surface area (Å²) in [5.74, 6) is -1.53. The summed E-state index contributed by atoms with van der Waals surface area (Å²) < 4.78 is 59.2. The van der Waals surface area contributed by atoms with Crippen LogP contribution >= 0.6 is 0 Å². The first-order chi connectivity index (χ1) is 16.7. The Labute approximate surface area is 203 Å². The van der Waals surface area contributed by atoms with Crippen LogP contribution in [0.3, 0.4) is 0 Å². The highest BCUT2D eigenvalue weighted by Crippen LogP contribution is 2.40. The number of fused-ring (bicyclic) bond motifs is 1. The van der Waals surface area contributed by atoms with Crippen molar-refractivity contribution in [2.45, 2.75) is 76.9 Å². The third-order valence-electron chi connectivity index (χ3n) is 7.72. The van der Waals surface area contributed by atoms with Gasteiger partial charge in [0.05, 0.1) is 12.0 Å². The van der Waals surface area contributed by atoms with Crippen molar-refractivity contribution >= 4 is 16.7 Å². The van der Waals surface area contributed by atoms with E-state index in [0.717, 1.165) is 35.7 Å². The first-order valence-electron chi connectivity index (χ1n) is 12.5. The maximum atomic E-state index is 14.3. The molecule has 0 spiro atoms. The van der Waals surface area contributed by atoms with E-state index in [2.05, 4.69) is 11.8 Å². The van der Waals surface area contributed by atoms with Crippen molar-refractivity contribution in [3.05, 3.63) is 41.5 Å². The molecule has 0 aromatic heterocycles. The van der Waals surface area contributed by atoms with Crippen LogP contribution in [0, 0.1) is 11.8 Å². The molecule has 2 aromatic rings. The van der Waals surface area contributed by atoms with E-state index < -0.39 is 24.7 Å². The molecule has 0 bridgehead atoms. The van der Waals surface area contributed by atoms with Crippen LogP contribution in [0.1, 0.15) is 69.0 Å². The molecular weight excluding hydrogens is 462 g/mol. The van der Waals surface area contributed by atoms with Crippen LogP contribution in [0.4, 0.5) is 17.6 Å². The van der Waals surface area contributed by atoms with Crippen molar-refractivity contribution in [1.82, 2.24) is 4.90 Å². The molecule has 2 atom stereocenters. The molecule has 1 aliphatic carbocycles. The number of benzene rings is 2. The molecule has 1 N–H and O–H groups in total. The normalized spacial score (nSPS) is 24.9. The van der Waals surface area contributed by atoms with Crippen molar-refractivity contribution < 1.29 is 32.2 Å². The van der Waals surface area contributed by atoms with E-state index >= 15 is 0 Å². The quantitative estimate of drug-likeness (QED) is 0.418. The van der Waals surface area contributed by atoms with Gasteiger partial charge >= 0.3 is 12.1 Å². The fraction of sp³-hybridized carbons (Fsp3) is 0.593. The number of hydrogen-bond acceptors (Lipinski definition) is 3. The molecule has 1 saturated heterocycles. The summed E-state index contributed by atoms with van der Waals surface area (Å²) in [6.45, 7) is 2.95. The Hall–Kier alpha value is -2.35. The zero-order chi connectivity index (χ0) is 25.2. The van der Waals surface area contributed by atoms with Crippen molar-refractivity contribution in [3.8, 4) is 5.75 Å². The minimum absolute atomic E-state index is 0.0348. The van der Waals surface area contributed by atoms with E-state index in [0.29, 0.717) is 30.7 Å². The van der Waals surface area contributed by atoms with E-state index in [1.165, 1.54) is 0 Å². The standard InChI is InChI=1S/C27H33F4NO3/c1-17(32-12-2-3-18(16-32)13-26(33)34)20-5-4-19-6-11-25(24(15-28)23(19)14-20)35-22-9-7-21(8-10-22)27(29,30)31/h4-6,11,14,17-18,21-22H,2-3,7-10,12-13,15-16H2,1H3,(H,33,34)/t17?,18-,21-,22+/m1/s1. The molecule has 4 rings (SSSR count). The summed E-state index contributed by atoms with van der Waals surface area (Å²) in [6, 6.07) is 9.58. The molecule has 2 aliphatic rings. The van der Waals surface area contributed by atoms with Crippen LogP contribution in [0.5, 0.6) is 5.75 Å². The predicted molar refractivity (Wildman–Crippen MR) is 126 cm³/mol. The number of likely N-dealkylation sites (tertiary alicyclic amines) is 1. The van der Waals surface area contributed by atoms with Gasteiger partial charge in [-0.25, -0.2) is 4.39 Å². The smallest absolute Gasteiger partial charge is 0.391 e. The van der Waals surface area contributed by atoms with E-state index in [4.69, 9.17) is 9.84 Å². The van der Waals surface area contributed by atoms with Gasteiger partial charge in [-0.05, 0) is 86.4 Å². The van der Waals surface area contributed by atoms with Gasteiger partial charge in [0.25, 0.3) is 0 Å². The highest BCUT2D eigenvalue weighted by Gasteiger charge is 2.41. The third kappa shape index (κ3) is 6.08. The van der Waals surface area contributed by atoms with Crippen LogP contribution in [-0.4, -0.2) is 41.3 Å². The van der Waals surface area contributed by atoms with E-state index in [9.17, 15) is 22.4 Å². The number of carboxylic acids is 1. The van der Waals surface area contributed by atoms with Crippen molar-refractivity contribution in [3.63, 3.8) is 0 Å². The summed E-state index contributed by atoms with van der Waals surface area (Å²) in [5.41, 5.74) is 1.45. The fourth-order valence-corrected chi connectivity index (χ4v) is 5.65. The fourth-order valence-electron chi connectivity index (χ4n) is 5.65. The van der Waals surface area contributed by atoms with Crippen molar-refractivity contribution in [2.24, 2.45) is 11.8 Å². The second-order valence-corrected chi connectivity index (χ2v) is 10.1. The third-order valence-corrected chi connectivity index (χ3v) is 7.72. The number of hydrogen-bond donors (Lipinski definition) is 1. The molecule has 8 heteroatoms. The van der Waals surface area contributed by atoms with E-state index in [-0.39, 0.29) is 37.3 Å². The average molecular weight is 496 g/mol. The first kappa shape index (κ1) is 25.7. The highest BCUT2D eigenvalue weighted by molar-refractivity contribution is 5.88. The topological polar surface area (TPSA) is 49.8 Å². The van der Waals surface area contributed by atoms with Crippen LogP contribution in [-0.2, 0) is 11.5 Å². The predicted octanol–water partition coefficient (Wildman–Crippen LogP) is 7.06. The number of carboxylic acid groups (broad SMARTS) is 1. The SMILES string of the molecule is CC(c1ccc2ccc(O[C@H]3CC[C@@H](C(F)(F)F)CC3)c(CF)c2c1)N1CCC[C@H](CC(=O)O)C1. The molecular formula is C27H33F4NO3. The van der Waals surface area contributed by atoms with Gasteiger partial charge in [0.2, 0.25) is 0 Å². The number of piperidine rings is 1. The minimum Gasteiger partial charge on any atom is -0.490 e. The lowest BCUT2D eigenvalue weighted by molar-refractivity contribution is -0.185. The Morgan fingerprint density at radius 1 is 1.14 bits per heavy atom. The number of nitrogens with zero attached hydrogens (tertiary/aromatic N) is 1. The molecule has 2 aromatic carbocycles. The molecule has 1 aliphatic heterocycles. The molecule has 4 nitrogen and oxygen atoms in total. The van der Waals surface area contributed by atoms with Gasteiger partial charge in [0, 0.05) is 24.6 Å². The van der Waals surface area contributed by atoms with Gasteiger partial charge in [0.15, 0.2) is 0 Å². The Bertz CT molecular complexity index is 1030. The molecule has 192 valence electrons. The average Bonchev–Trinajstić information content (AvgIpc) is 2.82. The zero-order valence-electron chi connectivity index (χ0n) is 20.0. The van der Waals surface area contributed by atoms with Gasteiger partial charge in [-0.1, -0.05) is 18.2 Å². The molecule has 1 saturated carbocycles. The Morgan fingerprint density at radius 2 is 1.86 bits per heavy atom. The number of ether oxygens (including phenoxy) is 1. The first-order valence-corrected chi connectivity index (χ1v) is 12.5. The lowest BCUT2D eigenvalue weighted by atomic mass is 9.87. The maximum Gasteiger partial charge on any atom is 0.391 e. The molecule has 0 radical (unpaired) electrons. The van der Waals surface area contributed by atoms with Gasteiger partial charge in [-0.2, -0.15) is 13.2 Å². The summed E-state index contributed by atoms with van der Waals surface area (Å²) in [5, 5.41) is 10.8. The monoisotopic (exact) mass is 495 g/mol. The molecule has 1 heterocycles. The Morgan fingerprint density at radius 3 is 2.51 bits per heavy atom. The number of alkyl halides is 4. The van der Waals surface area contributed by atoms with Crippen molar-refractivity contribution in [1.29, 1.82) is 0 Å². The van der Waals surface area contributed by atoms with Gasteiger partial charge in [0.1, 0.15) is 12.4 Å². The molecule has 0 amide bonds. The number of rotatable bonds is 7. The molecule has 1 unspecified atom stereocenters. The van der Waals surface area contributed by atoms with Crippen molar-refractivity contribution in [2.75, 3.05) is 13.1 Å². The summed E-state index contributed by atoms with van der Waals surface area (Å²) in [6.07, 6.45) is -1.83. The lowest BCUT2D eigenvalue weighted by Gasteiger charge is -2.36. The van der Waals surface area contributed by atoms with Gasteiger partial charge in [-0.15, -0.1) is 0 Å². The Kier molecular flexibility index (Phi) is 7.89. The van der Waals surface area contributed by atoms with Crippen LogP contribution in [0.2, 0.25) is 0 Å². The summed E-state index contributed by atoms with van der Waals surface area (Å²) in [4.78, 5) is 13.4. The maximum absolute atomic E-state index is 14.3. The summed E-state index contributed by atoms with van der Waals surface area (Å²) >= 11 is 0. The second-order valence-electron chi connectivity index (χ2n) is 10.1. The van der Waals surface area contributed by atoms with Gasteiger partial charge < -0.3 is 9.84 Å². The Balaban J connectivity index is 1.52. The zero-order valence-corrected chi connectivity index (χ0v) is 20.0. The van der Waals surface area contributed by atoms with Crippen LogP contribution < -0.4 is 4.74 Å². The lowest BCUT2D eigenvalue weighted by Crippen LogP contribution is -2.37. The number of carbonyl (C=O) groups is 1. The van der Waals surface area contributed by atoms with Crippen LogP contribution in [0.25, 0.3) is 10.8 Å². The highest BCUT2D eigenvalue weighted by atomic mass is 19.4. The van der Waals surface area contributed by atoms with Crippen LogP contribution in [0.15, 0.2) is 30.3 Å². The second kappa shape index (κ2) is 10.7. The minimum atomic E-state index is -4.17. The number of halogens is 4. The number of aliphatic carboxylic acids is 1. The van der Waals surface area contributed by atoms with E-state index in [1.807, 2.05) is 24.3 Å². The largest absolute Gasteiger partial charge is 0.490 e. The van der Waals surface area contributed by atoms with E-state index in [1.54, 1.807) is 6.07 Å². The van der Waals surface area contributed by atoms with Gasteiger partial charge in [-0.3, -0.25) is 9.69 Å². The molecule has 2 fully saturated rings.